The van der Waals surface area contributed by atoms with Crippen LogP contribution >= 0.6 is 0 Å². The monoisotopic (exact) mass is 277 g/mol. The van der Waals surface area contributed by atoms with Crippen LogP contribution in [0, 0.1) is 20.8 Å². The third kappa shape index (κ3) is 2.38. The van der Waals surface area contributed by atoms with Crippen molar-refractivity contribution >= 4 is 10.8 Å². The minimum absolute atomic E-state index is 0.908. The van der Waals surface area contributed by atoms with E-state index in [9.17, 15) is 0 Å². The number of rotatable bonds is 2. The van der Waals surface area contributed by atoms with Crippen molar-refractivity contribution in [2.24, 2.45) is 0 Å². The Morgan fingerprint density at radius 2 is 1.62 bits per heavy atom. The van der Waals surface area contributed by atoms with Crippen molar-refractivity contribution in [2.45, 2.75) is 20.8 Å². The van der Waals surface area contributed by atoms with Crippen LogP contribution in [-0.4, -0.2) is 12.1 Å². The number of ether oxygens (including phenoxy) is 1. The fourth-order valence-electron chi connectivity index (χ4n) is 2.70. The van der Waals surface area contributed by atoms with Crippen LogP contribution in [0.5, 0.6) is 5.75 Å². The quantitative estimate of drug-likeness (QED) is 0.669. The predicted octanol–water partition coefficient (Wildman–Crippen LogP) is 4.84. The van der Waals surface area contributed by atoms with Gasteiger partial charge in [0.25, 0.3) is 0 Å². The Bertz CT molecular complexity index is 821. The fourth-order valence-corrected chi connectivity index (χ4v) is 2.70. The molecule has 1 aromatic heterocycles. The summed E-state index contributed by atoms with van der Waals surface area (Å²) in [6, 6.07) is 12.7. The highest BCUT2D eigenvalue weighted by Crippen LogP contribution is 2.31. The minimum Gasteiger partial charge on any atom is -0.496 e. The molecule has 3 aromatic rings. The lowest BCUT2D eigenvalue weighted by Gasteiger charge is -2.11. The van der Waals surface area contributed by atoms with Crippen molar-refractivity contribution in [2.75, 3.05) is 7.11 Å². The predicted molar refractivity (Wildman–Crippen MR) is 87.9 cm³/mol. The first kappa shape index (κ1) is 13.6. The maximum Gasteiger partial charge on any atom is 0.121 e. The summed E-state index contributed by atoms with van der Waals surface area (Å²) in [5.41, 5.74) is 5.88. The van der Waals surface area contributed by atoms with Gasteiger partial charge in [0, 0.05) is 17.1 Å². The molecule has 0 atom stereocenters. The molecule has 0 N–H and O–H groups in total. The van der Waals surface area contributed by atoms with Crippen molar-refractivity contribution in [3.8, 4) is 17.0 Å². The van der Waals surface area contributed by atoms with Gasteiger partial charge in [0.05, 0.1) is 12.8 Å². The van der Waals surface area contributed by atoms with Crippen molar-refractivity contribution < 1.29 is 4.74 Å². The van der Waals surface area contributed by atoms with Crippen molar-refractivity contribution in [1.29, 1.82) is 0 Å². The Morgan fingerprint density at radius 1 is 0.857 bits per heavy atom. The van der Waals surface area contributed by atoms with Gasteiger partial charge >= 0.3 is 0 Å². The number of benzene rings is 2. The molecule has 0 amide bonds. The van der Waals surface area contributed by atoms with E-state index in [0.29, 0.717) is 0 Å². The SMILES string of the molecule is COc1ccc(-c2nccc3cc(C)c(C)cc23)cc1C. The third-order valence-electron chi connectivity index (χ3n) is 4.05. The van der Waals surface area contributed by atoms with Crippen LogP contribution < -0.4 is 4.74 Å². The van der Waals surface area contributed by atoms with Gasteiger partial charge in [0.2, 0.25) is 0 Å². The first-order valence-electron chi connectivity index (χ1n) is 7.11. The van der Waals surface area contributed by atoms with Gasteiger partial charge in [-0.3, -0.25) is 4.98 Å². The smallest absolute Gasteiger partial charge is 0.121 e. The number of fused-ring (bicyclic) bond motifs is 1. The zero-order chi connectivity index (χ0) is 15.0. The maximum absolute atomic E-state index is 5.34. The maximum atomic E-state index is 5.34. The lowest BCUT2D eigenvalue weighted by atomic mass is 9.98. The molecule has 0 unspecified atom stereocenters. The second kappa shape index (κ2) is 5.21. The highest BCUT2D eigenvalue weighted by atomic mass is 16.5. The Morgan fingerprint density at radius 3 is 2.33 bits per heavy atom. The van der Waals surface area contributed by atoms with E-state index in [1.54, 1.807) is 7.11 Å². The number of pyridine rings is 1. The summed E-state index contributed by atoms with van der Waals surface area (Å²) in [4.78, 5) is 4.60. The molecule has 0 spiro atoms. The van der Waals surface area contributed by atoms with Gasteiger partial charge in [-0.05, 0) is 73.2 Å². The van der Waals surface area contributed by atoms with Crippen LogP contribution in [0.1, 0.15) is 16.7 Å². The standard InChI is InChI=1S/C19H19NO/c1-12-9-15-7-8-20-19(17(15)11-13(12)2)16-5-6-18(21-4)14(3)10-16/h5-11H,1-4H3. The van der Waals surface area contributed by atoms with E-state index in [0.717, 1.165) is 22.6 Å². The minimum atomic E-state index is 0.908. The average Bonchev–Trinajstić information content (AvgIpc) is 2.48. The van der Waals surface area contributed by atoms with Crippen molar-refractivity contribution in [3.05, 3.63) is 59.3 Å². The number of hydrogen-bond donors (Lipinski definition) is 0. The summed E-state index contributed by atoms with van der Waals surface area (Å²) < 4.78 is 5.34. The van der Waals surface area contributed by atoms with Crippen LogP contribution in [-0.2, 0) is 0 Å². The van der Waals surface area contributed by atoms with Gasteiger partial charge in [-0.15, -0.1) is 0 Å². The summed E-state index contributed by atoms with van der Waals surface area (Å²) in [5.74, 6) is 0.908. The number of aryl methyl sites for hydroxylation is 3. The summed E-state index contributed by atoms with van der Waals surface area (Å²) in [6.45, 7) is 6.35. The molecule has 2 aromatic carbocycles. The molecule has 0 saturated carbocycles. The largest absolute Gasteiger partial charge is 0.496 e. The number of methoxy groups -OCH3 is 1. The average molecular weight is 277 g/mol. The van der Waals surface area contributed by atoms with Crippen LogP contribution in [0.2, 0.25) is 0 Å². The molecule has 2 heteroatoms. The van der Waals surface area contributed by atoms with Gasteiger partial charge in [0.15, 0.2) is 0 Å². The van der Waals surface area contributed by atoms with Gasteiger partial charge < -0.3 is 4.74 Å². The van der Waals surface area contributed by atoms with E-state index >= 15 is 0 Å². The Kier molecular flexibility index (Phi) is 3.38. The molecule has 0 radical (unpaired) electrons. The van der Waals surface area contributed by atoms with Crippen molar-refractivity contribution in [1.82, 2.24) is 4.98 Å². The molecule has 106 valence electrons. The first-order chi connectivity index (χ1) is 10.1. The van der Waals surface area contributed by atoms with Crippen LogP contribution in [0.3, 0.4) is 0 Å². The second-order valence-electron chi connectivity index (χ2n) is 5.50. The first-order valence-corrected chi connectivity index (χ1v) is 7.11. The fraction of sp³-hybridized carbons (Fsp3) is 0.211. The van der Waals surface area contributed by atoms with E-state index in [2.05, 4.69) is 56.1 Å². The Balaban J connectivity index is 2.25. The normalized spacial score (nSPS) is 10.9. The highest BCUT2D eigenvalue weighted by molar-refractivity contribution is 5.95. The van der Waals surface area contributed by atoms with E-state index in [1.807, 2.05) is 12.3 Å². The summed E-state index contributed by atoms with van der Waals surface area (Å²) in [6.07, 6.45) is 1.88. The zero-order valence-corrected chi connectivity index (χ0v) is 12.9. The van der Waals surface area contributed by atoms with Crippen LogP contribution in [0.15, 0.2) is 42.6 Å². The zero-order valence-electron chi connectivity index (χ0n) is 12.9. The van der Waals surface area contributed by atoms with Crippen molar-refractivity contribution in [3.63, 3.8) is 0 Å². The van der Waals surface area contributed by atoms with Gasteiger partial charge in [-0.25, -0.2) is 0 Å². The molecule has 0 aliphatic rings. The lowest BCUT2D eigenvalue weighted by Crippen LogP contribution is -1.91. The van der Waals surface area contributed by atoms with E-state index in [1.165, 1.54) is 21.9 Å². The molecule has 0 aliphatic heterocycles. The molecule has 1 heterocycles. The molecule has 0 bridgehead atoms. The van der Waals surface area contributed by atoms with Gasteiger partial charge in [-0.1, -0.05) is 6.07 Å². The molecule has 3 rings (SSSR count). The molecular weight excluding hydrogens is 258 g/mol. The van der Waals surface area contributed by atoms with E-state index < -0.39 is 0 Å². The number of aromatic nitrogens is 1. The summed E-state index contributed by atoms with van der Waals surface area (Å²) in [7, 11) is 1.70. The molecule has 21 heavy (non-hydrogen) atoms. The van der Waals surface area contributed by atoms with E-state index in [-0.39, 0.29) is 0 Å². The topological polar surface area (TPSA) is 22.1 Å². The van der Waals surface area contributed by atoms with Crippen LogP contribution in [0.25, 0.3) is 22.0 Å². The lowest BCUT2D eigenvalue weighted by molar-refractivity contribution is 0.412. The molecular formula is C19H19NO. The molecule has 0 aliphatic carbocycles. The Labute approximate surface area is 125 Å². The second-order valence-corrected chi connectivity index (χ2v) is 5.50. The number of hydrogen-bond acceptors (Lipinski definition) is 2. The van der Waals surface area contributed by atoms with E-state index in [4.69, 9.17) is 4.74 Å². The van der Waals surface area contributed by atoms with Gasteiger partial charge in [0.1, 0.15) is 5.75 Å². The number of nitrogens with zero attached hydrogens (tertiary/aromatic N) is 1. The summed E-state index contributed by atoms with van der Waals surface area (Å²) in [5, 5.41) is 2.43. The molecule has 2 nitrogen and oxygen atoms in total. The highest BCUT2D eigenvalue weighted by Gasteiger charge is 2.08. The van der Waals surface area contributed by atoms with Gasteiger partial charge in [-0.2, -0.15) is 0 Å². The Hall–Kier alpha value is -2.35. The molecule has 0 fully saturated rings. The summed E-state index contributed by atoms with van der Waals surface area (Å²) >= 11 is 0. The third-order valence-corrected chi connectivity index (χ3v) is 4.05. The van der Waals surface area contributed by atoms with Crippen LogP contribution in [0.4, 0.5) is 0 Å². The molecule has 0 saturated heterocycles.